The number of rotatable bonds is 4. The van der Waals surface area contributed by atoms with Gasteiger partial charge in [0.25, 0.3) is 5.91 Å². The Bertz CT molecular complexity index is 611. The lowest BCUT2D eigenvalue weighted by molar-refractivity contribution is 0.00578. The summed E-state index contributed by atoms with van der Waals surface area (Å²) in [6.07, 6.45) is -0.553. The zero-order chi connectivity index (χ0) is 18.3. The molecular weight excluding hydrogens is 305 g/mol. The van der Waals surface area contributed by atoms with Crippen LogP contribution >= 0.6 is 0 Å². The van der Waals surface area contributed by atoms with Crippen molar-refractivity contribution in [3.05, 3.63) is 29.3 Å². The van der Waals surface area contributed by atoms with E-state index >= 15 is 0 Å². The van der Waals surface area contributed by atoms with Gasteiger partial charge in [-0.15, -0.1) is 0 Å². The van der Waals surface area contributed by atoms with Crippen molar-refractivity contribution in [2.75, 3.05) is 13.6 Å². The first-order chi connectivity index (χ1) is 10.9. The van der Waals surface area contributed by atoms with Crippen LogP contribution < -0.4 is 5.46 Å². The van der Waals surface area contributed by atoms with Gasteiger partial charge in [-0.3, -0.25) is 4.79 Å². The summed E-state index contributed by atoms with van der Waals surface area (Å²) < 4.78 is 12.1. The van der Waals surface area contributed by atoms with E-state index in [1.54, 1.807) is 20.0 Å². The predicted molar refractivity (Wildman–Crippen MR) is 95.5 cm³/mol. The van der Waals surface area contributed by atoms with Gasteiger partial charge in [0.2, 0.25) is 0 Å². The second kappa shape index (κ2) is 6.50. The molecule has 0 aliphatic carbocycles. The number of hydrogen-bond acceptors (Lipinski definition) is 4. The first-order valence-corrected chi connectivity index (χ1v) is 8.34. The number of amides is 1. The minimum absolute atomic E-state index is 0.103. The number of carbonyl (C=O) groups excluding carboxylic acids is 1. The molecule has 24 heavy (non-hydrogen) atoms. The molecule has 1 aromatic rings. The molecule has 1 fully saturated rings. The molecule has 1 unspecified atom stereocenters. The van der Waals surface area contributed by atoms with Crippen LogP contribution in [-0.4, -0.2) is 53.9 Å². The summed E-state index contributed by atoms with van der Waals surface area (Å²) in [6, 6.07) is 5.61. The van der Waals surface area contributed by atoms with Gasteiger partial charge in [-0.1, -0.05) is 12.1 Å². The van der Waals surface area contributed by atoms with Crippen molar-refractivity contribution in [1.29, 1.82) is 0 Å². The molecule has 1 aliphatic rings. The molecule has 1 N–H and O–H groups in total. The third-order valence-electron chi connectivity index (χ3n) is 4.89. The van der Waals surface area contributed by atoms with Crippen LogP contribution in [0.25, 0.3) is 0 Å². The topological polar surface area (TPSA) is 59.0 Å². The largest absolute Gasteiger partial charge is 0.494 e. The smallest absolute Gasteiger partial charge is 0.399 e. The molecule has 1 amide bonds. The fourth-order valence-corrected chi connectivity index (χ4v) is 2.74. The molecule has 1 aromatic carbocycles. The third-order valence-corrected chi connectivity index (χ3v) is 4.89. The van der Waals surface area contributed by atoms with Crippen molar-refractivity contribution >= 4 is 18.5 Å². The number of benzene rings is 1. The van der Waals surface area contributed by atoms with Crippen molar-refractivity contribution in [2.45, 2.75) is 58.8 Å². The quantitative estimate of drug-likeness (QED) is 0.853. The van der Waals surface area contributed by atoms with Gasteiger partial charge in [0.05, 0.1) is 17.3 Å². The molecule has 1 heterocycles. The molecule has 1 aliphatic heterocycles. The van der Waals surface area contributed by atoms with E-state index in [1.165, 1.54) is 4.90 Å². The van der Waals surface area contributed by atoms with E-state index in [1.807, 2.05) is 46.8 Å². The van der Waals surface area contributed by atoms with Crippen molar-refractivity contribution in [3.8, 4) is 0 Å². The van der Waals surface area contributed by atoms with E-state index < -0.39 is 24.4 Å². The summed E-state index contributed by atoms with van der Waals surface area (Å²) in [5.41, 5.74) is 1.61. The Hall–Kier alpha value is -1.37. The van der Waals surface area contributed by atoms with Crippen LogP contribution in [0.5, 0.6) is 0 Å². The summed E-state index contributed by atoms with van der Waals surface area (Å²) in [6.45, 7) is 11.9. The SMILES string of the molecule is Cc1cc(B2OC(C)(C)C(C)(C)O2)ccc1C(=O)N(C)CC(C)O. The van der Waals surface area contributed by atoms with Crippen LogP contribution in [0, 0.1) is 6.92 Å². The number of likely N-dealkylation sites (N-methyl/N-ethyl adjacent to an activating group) is 1. The zero-order valence-corrected chi connectivity index (χ0v) is 15.7. The van der Waals surface area contributed by atoms with Crippen LogP contribution in [0.4, 0.5) is 0 Å². The van der Waals surface area contributed by atoms with Gasteiger partial charge in [-0.25, -0.2) is 0 Å². The third kappa shape index (κ3) is 3.66. The van der Waals surface area contributed by atoms with Crippen molar-refractivity contribution < 1.29 is 19.2 Å². The van der Waals surface area contributed by atoms with Gasteiger partial charge >= 0.3 is 7.12 Å². The van der Waals surface area contributed by atoms with Gasteiger partial charge in [0, 0.05) is 19.2 Å². The van der Waals surface area contributed by atoms with Crippen LogP contribution in [0.1, 0.15) is 50.5 Å². The van der Waals surface area contributed by atoms with E-state index in [0.717, 1.165) is 11.0 Å². The number of nitrogens with zero attached hydrogens (tertiary/aromatic N) is 1. The van der Waals surface area contributed by atoms with Gasteiger partial charge in [0.15, 0.2) is 0 Å². The van der Waals surface area contributed by atoms with Gasteiger partial charge in [-0.2, -0.15) is 0 Å². The highest BCUT2D eigenvalue weighted by Gasteiger charge is 2.51. The fourth-order valence-electron chi connectivity index (χ4n) is 2.74. The Balaban J connectivity index is 2.21. The number of aliphatic hydroxyl groups is 1. The number of aliphatic hydroxyl groups excluding tert-OH is 1. The molecule has 1 atom stereocenters. The standard InChI is InChI=1S/C18H28BNO4/c1-12-10-14(19-23-17(3,4)18(5,6)24-19)8-9-15(12)16(22)20(7)11-13(2)21/h8-10,13,21H,11H2,1-7H3. The van der Waals surface area contributed by atoms with Gasteiger partial charge < -0.3 is 19.3 Å². The maximum atomic E-state index is 12.5. The summed E-state index contributed by atoms with van der Waals surface area (Å²) >= 11 is 0. The van der Waals surface area contributed by atoms with E-state index in [0.29, 0.717) is 12.1 Å². The minimum atomic E-state index is -0.553. The molecule has 0 radical (unpaired) electrons. The normalized spacial score (nSPS) is 20.1. The predicted octanol–water partition coefficient (Wildman–Crippen LogP) is 1.75. The molecule has 1 saturated heterocycles. The first kappa shape index (κ1) is 19.0. The summed E-state index contributed by atoms with van der Waals surface area (Å²) in [7, 11) is 1.25. The number of carbonyl (C=O) groups is 1. The molecule has 0 spiro atoms. The fraction of sp³-hybridized carbons (Fsp3) is 0.611. The van der Waals surface area contributed by atoms with Gasteiger partial charge in [0.1, 0.15) is 0 Å². The second-order valence-electron chi connectivity index (χ2n) is 7.70. The Morgan fingerprint density at radius 3 is 2.25 bits per heavy atom. The van der Waals surface area contributed by atoms with E-state index in [9.17, 15) is 9.90 Å². The average Bonchev–Trinajstić information content (AvgIpc) is 2.66. The maximum Gasteiger partial charge on any atom is 0.494 e. The summed E-state index contributed by atoms with van der Waals surface area (Å²) in [5, 5.41) is 9.45. The monoisotopic (exact) mass is 333 g/mol. The maximum absolute atomic E-state index is 12.5. The lowest BCUT2D eigenvalue weighted by Crippen LogP contribution is -2.41. The molecule has 5 nitrogen and oxygen atoms in total. The second-order valence-corrected chi connectivity index (χ2v) is 7.70. The molecule has 0 saturated carbocycles. The molecule has 0 bridgehead atoms. The van der Waals surface area contributed by atoms with E-state index in [4.69, 9.17) is 9.31 Å². The lowest BCUT2D eigenvalue weighted by Gasteiger charge is -2.32. The molecule has 6 heteroatoms. The van der Waals surface area contributed by atoms with Crippen LogP contribution in [-0.2, 0) is 9.31 Å². The molecule has 0 aromatic heterocycles. The van der Waals surface area contributed by atoms with E-state index in [-0.39, 0.29) is 5.91 Å². The summed E-state index contributed by atoms with van der Waals surface area (Å²) in [4.78, 5) is 14.0. The molecular formula is C18H28BNO4. The average molecular weight is 333 g/mol. The number of hydrogen-bond donors (Lipinski definition) is 1. The highest BCUT2D eigenvalue weighted by atomic mass is 16.7. The van der Waals surface area contributed by atoms with Crippen LogP contribution in [0.2, 0.25) is 0 Å². The summed E-state index contributed by atoms with van der Waals surface area (Å²) in [5.74, 6) is -0.103. The van der Waals surface area contributed by atoms with Crippen molar-refractivity contribution in [2.24, 2.45) is 0 Å². The zero-order valence-electron chi connectivity index (χ0n) is 15.7. The molecule has 2 rings (SSSR count). The van der Waals surface area contributed by atoms with Crippen molar-refractivity contribution in [1.82, 2.24) is 4.90 Å². The van der Waals surface area contributed by atoms with Gasteiger partial charge in [-0.05, 0) is 58.6 Å². The molecule has 132 valence electrons. The lowest BCUT2D eigenvalue weighted by atomic mass is 9.78. The van der Waals surface area contributed by atoms with E-state index in [2.05, 4.69) is 0 Å². The first-order valence-electron chi connectivity index (χ1n) is 8.34. The highest BCUT2D eigenvalue weighted by molar-refractivity contribution is 6.62. The van der Waals surface area contributed by atoms with Crippen LogP contribution in [0.15, 0.2) is 18.2 Å². The Kier molecular flexibility index (Phi) is 5.14. The Morgan fingerprint density at radius 1 is 1.25 bits per heavy atom. The number of aryl methyl sites for hydroxylation is 1. The highest BCUT2D eigenvalue weighted by Crippen LogP contribution is 2.36. The van der Waals surface area contributed by atoms with Crippen LogP contribution in [0.3, 0.4) is 0 Å². The Morgan fingerprint density at radius 2 is 1.79 bits per heavy atom. The van der Waals surface area contributed by atoms with Crippen molar-refractivity contribution in [3.63, 3.8) is 0 Å². The minimum Gasteiger partial charge on any atom is -0.399 e. The Labute approximate surface area is 145 Å².